The second kappa shape index (κ2) is 3.93. The van der Waals surface area contributed by atoms with Crippen molar-refractivity contribution in [3.05, 3.63) is 35.9 Å². The molecular formula is C12H16O3. The van der Waals surface area contributed by atoms with Crippen LogP contribution in [0.25, 0.3) is 0 Å². The minimum atomic E-state index is -1.03. The fourth-order valence-corrected chi connectivity index (χ4v) is 1.70. The Balaban J connectivity index is 2.32. The van der Waals surface area contributed by atoms with Crippen LogP contribution in [0.3, 0.4) is 0 Å². The van der Waals surface area contributed by atoms with Crippen LogP contribution < -0.4 is 0 Å². The topological polar surface area (TPSA) is 27.7 Å². The average Bonchev–Trinajstić information content (AvgIpc) is 2.57. The predicted molar refractivity (Wildman–Crippen MR) is 56.2 cm³/mol. The van der Waals surface area contributed by atoms with Crippen LogP contribution in [-0.2, 0) is 20.2 Å². The Morgan fingerprint density at radius 2 is 1.60 bits per heavy atom. The predicted octanol–water partition coefficient (Wildman–Crippen LogP) is 2.27. The van der Waals surface area contributed by atoms with Crippen LogP contribution in [0.5, 0.6) is 0 Å². The summed E-state index contributed by atoms with van der Waals surface area (Å²) < 4.78 is 16.9. The van der Waals surface area contributed by atoms with Gasteiger partial charge in [0.2, 0.25) is 0 Å². The first-order valence-corrected chi connectivity index (χ1v) is 5.14. The smallest absolute Gasteiger partial charge is 0.312 e. The molecule has 1 aliphatic heterocycles. The molecule has 15 heavy (non-hydrogen) atoms. The van der Waals surface area contributed by atoms with Crippen molar-refractivity contribution in [2.75, 3.05) is 7.11 Å². The molecule has 1 aromatic rings. The standard InChI is InChI=1S/C12H16O3/c1-9-10(2)15-12(13-3,14-9)11-7-5-4-6-8-11/h4-10H,1-3H3/t9-,10+,12?. The van der Waals surface area contributed by atoms with E-state index in [9.17, 15) is 0 Å². The fraction of sp³-hybridized carbons (Fsp3) is 0.500. The van der Waals surface area contributed by atoms with E-state index in [4.69, 9.17) is 14.2 Å². The van der Waals surface area contributed by atoms with E-state index >= 15 is 0 Å². The lowest BCUT2D eigenvalue weighted by molar-refractivity contribution is -0.341. The van der Waals surface area contributed by atoms with Crippen molar-refractivity contribution >= 4 is 0 Å². The summed E-state index contributed by atoms with van der Waals surface area (Å²) in [5, 5.41) is 0. The van der Waals surface area contributed by atoms with Gasteiger partial charge in [-0.15, -0.1) is 0 Å². The van der Waals surface area contributed by atoms with E-state index in [1.54, 1.807) is 7.11 Å². The Kier molecular flexibility index (Phi) is 2.78. The summed E-state index contributed by atoms with van der Waals surface area (Å²) in [4.78, 5) is 0. The summed E-state index contributed by atoms with van der Waals surface area (Å²) in [6.45, 7) is 3.96. The molecule has 0 amide bonds. The molecule has 0 bridgehead atoms. The zero-order valence-corrected chi connectivity index (χ0v) is 9.27. The fourth-order valence-electron chi connectivity index (χ4n) is 1.70. The molecule has 1 aromatic carbocycles. The highest BCUT2D eigenvalue weighted by molar-refractivity contribution is 5.19. The van der Waals surface area contributed by atoms with Crippen molar-refractivity contribution < 1.29 is 14.2 Å². The van der Waals surface area contributed by atoms with Gasteiger partial charge in [-0.25, -0.2) is 0 Å². The van der Waals surface area contributed by atoms with Gasteiger partial charge in [0.25, 0.3) is 0 Å². The monoisotopic (exact) mass is 208 g/mol. The molecule has 1 fully saturated rings. The molecule has 1 heterocycles. The highest BCUT2D eigenvalue weighted by atomic mass is 16.9. The van der Waals surface area contributed by atoms with E-state index < -0.39 is 5.97 Å². The lowest BCUT2D eigenvalue weighted by Gasteiger charge is -2.26. The second-order valence-electron chi connectivity index (χ2n) is 3.77. The van der Waals surface area contributed by atoms with Crippen molar-refractivity contribution in [1.29, 1.82) is 0 Å². The Hall–Kier alpha value is -0.900. The molecule has 1 saturated heterocycles. The summed E-state index contributed by atoms with van der Waals surface area (Å²) in [7, 11) is 1.60. The molecule has 0 aromatic heterocycles. The number of rotatable bonds is 2. The summed E-state index contributed by atoms with van der Waals surface area (Å²) in [5.74, 6) is -1.03. The largest absolute Gasteiger partial charge is 0.327 e. The lowest BCUT2D eigenvalue weighted by Crippen LogP contribution is -2.30. The minimum absolute atomic E-state index is 0.0326. The van der Waals surface area contributed by atoms with E-state index in [2.05, 4.69) is 0 Å². The van der Waals surface area contributed by atoms with Crippen LogP contribution in [0.1, 0.15) is 19.4 Å². The number of hydrogen-bond donors (Lipinski definition) is 0. The van der Waals surface area contributed by atoms with Crippen molar-refractivity contribution in [3.63, 3.8) is 0 Å². The van der Waals surface area contributed by atoms with Crippen LogP contribution in [-0.4, -0.2) is 19.3 Å². The lowest BCUT2D eigenvalue weighted by atomic mass is 10.2. The molecule has 82 valence electrons. The van der Waals surface area contributed by atoms with Crippen LogP contribution >= 0.6 is 0 Å². The molecule has 0 aliphatic carbocycles. The van der Waals surface area contributed by atoms with Crippen molar-refractivity contribution in [3.8, 4) is 0 Å². The zero-order chi connectivity index (χ0) is 10.9. The molecule has 0 saturated carbocycles. The molecule has 3 atom stereocenters. The van der Waals surface area contributed by atoms with Crippen LogP contribution in [0.2, 0.25) is 0 Å². The normalized spacial score (nSPS) is 35.7. The van der Waals surface area contributed by atoms with Gasteiger partial charge in [0.15, 0.2) is 0 Å². The van der Waals surface area contributed by atoms with E-state index in [0.29, 0.717) is 0 Å². The van der Waals surface area contributed by atoms with Gasteiger partial charge in [-0.3, -0.25) is 0 Å². The van der Waals surface area contributed by atoms with Crippen molar-refractivity contribution in [2.24, 2.45) is 0 Å². The van der Waals surface area contributed by atoms with Crippen LogP contribution in [0.4, 0.5) is 0 Å². The highest BCUT2D eigenvalue weighted by Crippen LogP contribution is 2.37. The number of methoxy groups -OCH3 is 1. The summed E-state index contributed by atoms with van der Waals surface area (Å²) in [5.41, 5.74) is 0.892. The third kappa shape index (κ3) is 1.78. The van der Waals surface area contributed by atoms with Crippen molar-refractivity contribution in [2.45, 2.75) is 32.0 Å². The Morgan fingerprint density at radius 1 is 1.07 bits per heavy atom. The first-order valence-electron chi connectivity index (χ1n) is 5.14. The summed E-state index contributed by atoms with van der Waals surface area (Å²) >= 11 is 0. The number of ether oxygens (including phenoxy) is 3. The SMILES string of the molecule is COC1(c2ccccc2)O[C@@H](C)[C@@H](C)O1. The minimum Gasteiger partial charge on any atom is -0.327 e. The molecule has 1 aliphatic rings. The third-order valence-electron chi connectivity index (χ3n) is 2.74. The van der Waals surface area contributed by atoms with Crippen LogP contribution in [0.15, 0.2) is 30.3 Å². The quantitative estimate of drug-likeness (QED) is 0.746. The summed E-state index contributed by atoms with van der Waals surface area (Å²) in [6.07, 6.45) is 0.0651. The second-order valence-corrected chi connectivity index (χ2v) is 3.77. The molecule has 0 radical (unpaired) electrons. The molecule has 0 N–H and O–H groups in total. The van der Waals surface area contributed by atoms with Gasteiger partial charge in [0.1, 0.15) is 0 Å². The number of benzene rings is 1. The molecule has 2 rings (SSSR count). The average molecular weight is 208 g/mol. The van der Waals surface area contributed by atoms with E-state index in [1.165, 1.54) is 0 Å². The van der Waals surface area contributed by atoms with E-state index in [0.717, 1.165) is 5.56 Å². The first-order chi connectivity index (χ1) is 7.18. The Labute approximate surface area is 90.0 Å². The maximum absolute atomic E-state index is 5.75. The first kappa shape index (κ1) is 10.6. The summed E-state index contributed by atoms with van der Waals surface area (Å²) in [6, 6.07) is 9.71. The van der Waals surface area contributed by atoms with Crippen LogP contribution in [0, 0.1) is 0 Å². The molecule has 1 unspecified atom stereocenters. The highest BCUT2D eigenvalue weighted by Gasteiger charge is 2.46. The number of hydrogen-bond acceptors (Lipinski definition) is 3. The van der Waals surface area contributed by atoms with Gasteiger partial charge in [-0.05, 0) is 13.8 Å². The Bertz CT molecular complexity index is 313. The van der Waals surface area contributed by atoms with Gasteiger partial charge < -0.3 is 14.2 Å². The third-order valence-corrected chi connectivity index (χ3v) is 2.74. The van der Waals surface area contributed by atoms with E-state index in [1.807, 2.05) is 44.2 Å². The van der Waals surface area contributed by atoms with Gasteiger partial charge in [0, 0.05) is 12.7 Å². The molecular weight excluding hydrogens is 192 g/mol. The maximum Gasteiger partial charge on any atom is 0.312 e. The van der Waals surface area contributed by atoms with Gasteiger partial charge >= 0.3 is 5.97 Å². The van der Waals surface area contributed by atoms with Gasteiger partial charge in [0.05, 0.1) is 12.2 Å². The Morgan fingerprint density at radius 3 is 2.07 bits per heavy atom. The van der Waals surface area contributed by atoms with Crippen molar-refractivity contribution in [1.82, 2.24) is 0 Å². The molecule has 3 nitrogen and oxygen atoms in total. The molecule has 0 spiro atoms. The van der Waals surface area contributed by atoms with E-state index in [-0.39, 0.29) is 12.2 Å². The van der Waals surface area contributed by atoms with Gasteiger partial charge in [-0.2, -0.15) is 0 Å². The maximum atomic E-state index is 5.75. The molecule has 3 heteroatoms. The zero-order valence-electron chi connectivity index (χ0n) is 9.27. The van der Waals surface area contributed by atoms with Gasteiger partial charge in [-0.1, -0.05) is 30.3 Å².